The van der Waals surface area contributed by atoms with E-state index in [1.807, 2.05) is 6.92 Å². The third-order valence-corrected chi connectivity index (χ3v) is 4.55. The molecule has 0 atom stereocenters. The number of thioether (sulfide) groups is 1. The van der Waals surface area contributed by atoms with Crippen molar-refractivity contribution in [1.29, 1.82) is 0 Å². The number of nitrogens with zero attached hydrogens (tertiary/aromatic N) is 2. The summed E-state index contributed by atoms with van der Waals surface area (Å²) in [7, 11) is 0. The molecule has 0 saturated carbocycles. The lowest BCUT2D eigenvalue weighted by molar-refractivity contribution is 0.102. The molecule has 0 aliphatic rings. The predicted molar refractivity (Wildman–Crippen MR) is 90.5 cm³/mol. The van der Waals surface area contributed by atoms with Crippen LogP contribution >= 0.6 is 50.9 Å². The number of hydrogen-bond donors (Lipinski definition) is 1. The fourth-order valence-corrected chi connectivity index (χ4v) is 2.75. The third kappa shape index (κ3) is 4.10. The molecular weight excluding hydrogens is 397 g/mol. The molecule has 1 aromatic carbocycles. The van der Waals surface area contributed by atoms with E-state index >= 15 is 0 Å². The number of carbonyl (C=O) groups is 1. The summed E-state index contributed by atoms with van der Waals surface area (Å²) in [4.78, 5) is 20.7. The van der Waals surface area contributed by atoms with Crippen molar-refractivity contribution < 1.29 is 4.79 Å². The highest BCUT2D eigenvalue weighted by atomic mass is 79.9. The van der Waals surface area contributed by atoms with Gasteiger partial charge in [-0.15, -0.1) is 0 Å². The number of anilines is 1. The van der Waals surface area contributed by atoms with Gasteiger partial charge in [0.1, 0.15) is 5.69 Å². The molecule has 0 aliphatic carbocycles. The molecule has 0 unspecified atom stereocenters. The molecule has 8 heteroatoms. The molecule has 0 spiro atoms. The molecule has 4 nitrogen and oxygen atoms in total. The van der Waals surface area contributed by atoms with Gasteiger partial charge in [-0.05, 0) is 33.8 Å². The number of aromatic nitrogens is 2. The predicted octanol–water partition coefficient (Wildman–Crippen LogP) is 4.91. The highest BCUT2D eigenvalue weighted by Gasteiger charge is 2.16. The van der Waals surface area contributed by atoms with E-state index < -0.39 is 0 Å². The Labute approximate surface area is 144 Å². The molecule has 0 aliphatic heterocycles. The van der Waals surface area contributed by atoms with E-state index in [2.05, 4.69) is 31.2 Å². The van der Waals surface area contributed by atoms with Crippen LogP contribution in [-0.4, -0.2) is 21.6 Å². The first-order valence-electron chi connectivity index (χ1n) is 5.93. The number of amides is 1. The first-order chi connectivity index (χ1) is 10.0. The van der Waals surface area contributed by atoms with Crippen molar-refractivity contribution in [1.82, 2.24) is 9.97 Å². The molecule has 2 rings (SSSR count). The van der Waals surface area contributed by atoms with Gasteiger partial charge in [0.15, 0.2) is 5.16 Å². The Morgan fingerprint density at radius 3 is 2.90 bits per heavy atom. The maximum atomic E-state index is 12.3. The van der Waals surface area contributed by atoms with E-state index in [4.69, 9.17) is 23.2 Å². The summed E-state index contributed by atoms with van der Waals surface area (Å²) in [5, 5.41) is 3.90. The van der Waals surface area contributed by atoms with Gasteiger partial charge in [0.25, 0.3) is 5.91 Å². The van der Waals surface area contributed by atoms with Gasteiger partial charge in [-0.1, -0.05) is 48.0 Å². The summed E-state index contributed by atoms with van der Waals surface area (Å²) in [5.74, 6) is 0.439. The monoisotopic (exact) mass is 405 g/mol. The highest BCUT2D eigenvalue weighted by molar-refractivity contribution is 9.10. The van der Waals surface area contributed by atoms with Crippen LogP contribution < -0.4 is 5.32 Å². The van der Waals surface area contributed by atoms with E-state index in [-0.39, 0.29) is 11.6 Å². The van der Waals surface area contributed by atoms with Crippen molar-refractivity contribution in [3.63, 3.8) is 0 Å². The van der Waals surface area contributed by atoms with Gasteiger partial charge in [-0.25, -0.2) is 9.97 Å². The van der Waals surface area contributed by atoms with Gasteiger partial charge in [-0.3, -0.25) is 4.79 Å². The third-order valence-electron chi connectivity index (χ3n) is 2.41. The lowest BCUT2D eigenvalue weighted by Gasteiger charge is -2.09. The number of halogens is 3. The van der Waals surface area contributed by atoms with Crippen LogP contribution in [0.4, 0.5) is 5.69 Å². The Kier molecular flexibility index (Phi) is 5.87. The van der Waals surface area contributed by atoms with Gasteiger partial charge < -0.3 is 5.32 Å². The summed E-state index contributed by atoms with van der Waals surface area (Å²) >= 11 is 16.7. The van der Waals surface area contributed by atoms with Crippen molar-refractivity contribution in [3.05, 3.63) is 44.6 Å². The van der Waals surface area contributed by atoms with Crippen molar-refractivity contribution in [2.24, 2.45) is 0 Å². The van der Waals surface area contributed by atoms with Crippen LogP contribution in [0.3, 0.4) is 0 Å². The van der Waals surface area contributed by atoms with E-state index in [0.717, 1.165) is 5.75 Å². The fourth-order valence-electron chi connectivity index (χ4n) is 1.49. The number of rotatable bonds is 4. The molecule has 1 amide bonds. The minimum atomic E-state index is -0.383. The number of carbonyl (C=O) groups excluding carboxylic acids is 1. The quantitative estimate of drug-likeness (QED) is 0.578. The van der Waals surface area contributed by atoms with Crippen molar-refractivity contribution in [3.8, 4) is 0 Å². The van der Waals surface area contributed by atoms with Gasteiger partial charge in [0.05, 0.1) is 20.2 Å². The number of hydrogen-bond acceptors (Lipinski definition) is 4. The Bertz CT molecular complexity index is 684. The second-order valence-electron chi connectivity index (χ2n) is 3.84. The SMILES string of the molecule is CCSc1ncc(Br)c(C(=O)Nc2cccc(Cl)c2Cl)n1. The number of benzene rings is 1. The Hall–Kier alpha value is -0.820. The van der Waals surface area contributed by atoms with Crippen LogP contribution in [0.1, 0.15) is 17.4 Å². The first-order valence-corrected chi connectivity index (χ1v) is 8.47. The smallest absolute Gasteiger partial charge is 0.275 e. The molecule has 0 radical (unpaired) electrons. The molecule has 1 N–H and O–H groups in total. The lowest BCUT2D eigenvalue weighted by atomic mass is 10.3. The normalized spacial score (nSPS) is 10.5. The summed E-state index contributed by atoms with van der Waals surface area (Å²) in [6, 6.07) is 5.02. The first kappa shape index (κ1) is 16.5. The zero-order chi connectivity index (χ0) is 15.4. The summed E-state index contributed by atoms with van der Waals surface area (Å²) in [6.45, 7) is 1.99. The van der Waals surface area contributed by atoms with Gasteiger partial charge in [0.2, 0.25) is 0 Å². The van der Waals surface area contributed by atoms with Crippen LogP contribution in [0.25, 0.3) is 0 Å². The van der Waals surface area contributed by atoms with E-state index in [0.29, 0.717) is 25.4 Å². The molecular formula is C13H10BrCl2N3OS. The van der Waals surface area contributed by atoms with Gasteiger partial charge in [-0.2, -0.15) is 0 Å². The molecule has 0 bridgehead atoms. The van der Waals surface area contributed by atoms with Crippen molar-refractivity contribution in [2.75, 3.05) is 11.1 Å². The molecule has 0 saturated heterocycles. The molecule has 2 aromatic rings. The standard InChI is InChI=1S/C13H10BrCl2N3OS/c1-2-21-13-17-6-7(14)11(19-13)12(20)18-9-5-3-4-8(15)10(9)16/h3-6H,2H2,1H3,(H,18,20). The second kappa shape index (κ2) is 7.45. The van der Waals surface area contributed by atoms with Crippen molar-refractivity contribution in [2.45, 2.75) is 12.1 Å². The van der Waals surface area contributed by atoms with E-state index in [1.54, 1.807) is 24.4 Å². The Balaban J connectivity index is 2.28. The maximum Gasteiger partial charge on any atom is 0.275 e. The summed E-state index contributed by atoms with van der Waals surface area (Å²) < 4.78 is 0.513. The average Bonchev–Trinajstić information content (AvgIpc) is 2.46. The molecule has 21 heavy (non-hydrogen) atoms. The largest absolute Gasteiger partial charge is 0.319 e. The Morgan fingerprint density at radius 1 is 1.43 bits per heavy atom. The van der Waals surface area contributed by atoms with Crippen LogP contribution in [0.15, 0.2) is 34.0 Å². The zero-order valence-electron chi connectivity index (χ0n) is 10.9. The van der Waals surface area contributed by atoms with E-state index in [1.165, 1.54) is 11.8 Å². The summed E-state index contributed by atoms with van der Waals surface area (Å²) in [5.41, 5.74) is 0.682. The minimum absolute atomic E-state index is 0.247. The van der Waals surface area contributed by atoms with E-state index in [9.17, 15) is 4.79 Å². The molecule has 110 valence electrons. The van der Waals surface area contributed by atoms with Crippen LogP contribution in [-0.2, 0) is 0 Å². The second-order valence-corrected chi connectivity index (χ2v) is 6.71. The van der Waals surface area contributed by atoms with Crippen LogP contribution in [0.5, 0.6) is 0 Å². The fraction of sp³-hybridized carbons (Fsp3) is 0.154. The minimum Gasteiger partial charge on any atom is -0.319 e. The Morgan fingerprint density at radius 2 is 2.19 bits per heavy atom. The zero-order valence-corrected chi connectivity index (χ0v) is 14.8. The van der Waals surface area contributed by atoms with Gasteiger partial charge in [0, 0.05) is 6.20 Å². The molecule has 1 aromatic heterocycles. The molecule has 0 fully saturated rings. The lowest BCUT2D eigenvalue weighted by Crippen LogP contribution is -2.15. The van der Waals surface area contributed by atoms with Gasteiger partial charge >= 0.3 is 0 Å². The molecule has 1 heterocycles. The maximum absolute atomic E-state index is 12.3. The van der Waals surface area contributed by atoms with Crippen LogP contribution in [0, 0.1) is 0 Å². The average molecular weight is 407 g/mol. The summed E-state index contributed by atoms with van der Waals surface area (Å²) in [6.07, 6.45) is 1.56. The topological polar surface area (TPSA) is 54.9 Å². The highest BCUT2D eigenvalue weighted by Crippen LogP contribution is 2.30. The van der Waals surface area contributed by atoms with Crippen LogP contribution in [0.2, 0.25) is 10.0 Å². The number of nitrogens with one attached hydrogen (secondary N) is 1. The van der Waals surface area contributed by atoms with Crippen molar-refractivity contribution >= 4 is 62.5 Å².